The normalized spacial score (nSPS) is 10.7. The zero-order valence-electron chi connectivity index (χ0n) is 12.3. The van der Waals surface area contributed by atoms with Crippen molar-refractivity contribution < 1.29 is 14.3 Å². The fourth-order valence-electron chi connectivity index (χ4n) is 1.79. The molecule has 7 nitrogen and oxygen atoms in total. The van der Waals surface area contributed by atoms with Gasteiger partial charge in [-0.3, -0.25) is 9.48 Å². The maximum atomic E-state index is 12.0. The van der Waals surface area contributed by atoms with Crippen LogP contribution < -0.4 is 14.9 Å². The molecule has 0 aliphatic heterocycles. The van der Waals surface area contributed by atoms with Crippen molar-refractivity contribution in [3.8, 4) is 11.5 Å². The van der Waals surface area contributed by atoms with E-state index < -0.39 is 0 Å². The lowest BCUT2D eigenvalue weighted by atomic mass is 10.2. The minimum atomic E-state index is -0.332. The van der Waals surface area contributed by atoms with E-state index >= 15 is 0 Å². The summed E-state index contributed by atoms with van der Waals surface area (Å²) >= 11 is 2.04. The third-order valence-corrected chi connectivity index (χ3v) is 3.42. The quantitative estimate of drug-likeness (QED) is 0.460. The molecular formula is C14H15IN4O3. The maximum Gasteiger partial charge on any atom is 0.289 e. The van der Waals surface area contributed by atoms with Gasteiger partial charge in [0.25, 0.3) is 5.91 Å². The minimum absolute atomic E-state index is 0.332. The Morgan fingerprint density at radius 1 is 1.36 bits per heavy atom. The summed E-state index contributed by atoms with van der Waals surface area (Å²) in [6.07, 6.45) is 1.51. The minimum Gasteiger partial charge on any atom is -0.497 e. The van der Waals surface area contributed by atoms with Crippen molar-refractivity contribution in [3.63, 3.8) is 0 Å². The first kappa shape index (κ1) is 16.3. The first-order chi connectivity index (χ1) is 10.5. The van der Waals surface area contributed by atoms with Gasteiger partial charge in [0.05, 0.1) is 20.4 Å². The molecule has 0 radical (unpaired) electrons. The van der Waals surface area contributed by atoms with E-state index in [1.807, 2.05) is 22.6 Å². The zero-order valence-corrected chi connectivity index (χ0v) is 14.5. The third-order valence-electron chi connectivity index (χ3n) is 2.89. The van der Waals surface area contributed by atoms with Crippen molar-refractivity contribution in [2.75, 3.05) is 14.2 Å². The van der Waals surface area contributed by atoms with Crippen molar-refractivity contribution in [1.82, 2.24) is 15.2 Å². The number of nitrogens with zero attached hydrogens (tertiary/aromatic N) is 3. The molecule has 0 bridgehead atoms. The second-order valence-corrected chi connectivity index (χ2v) is 5.39. The highest BCUT2D eigenvalue weighted by atomic mass is 127. The Hall–Kier alpha value is -2.10. The number of hydrazone groups is 1. The van der Waals surface area contributed by atoms with E-state index in [1.54, 1.807) is 45.5 Å². The Balaban J connectivity index is 2.09. The number of ether oxygens (including phenoxy) is 2. The molecule has 0 spiro atoms. The predicted octanol–water partition coefficient (Wildman–Crippen LogP) is 1.81. The zero-order chi connectivity index (χ0) is 16.1. The molecule has 8 heteroatoms. The van der Waals surface area contributed by atoms with Crippen LogP contribution in [0.15, 0.2) is 29.4 Å². The molecule has 1 aromatic heterocycles. The van der Waals surface area contributed by atoms with Crippen molar-refractivity contribution in [1.29, 1.82) is 0 Å². The second kappa shape index (κ2) is 7.25. The standard InChI is InChI=1S/C14H15IN4O3/c1-19-11(7-13(15)18-19)14(20)17-16-8-9-4-5-10(21-2)6-12(9)22-3/h4-8H,1-3H3,(H,17,20)/b16-8+. The molecule has 1 N–H and O–H groups in total. The number of benzene rings is 1. The van der Waals surface area contributed by atoms with Gasteiger partial charge in [-0.1, -0.05) is 0 Å². The first-order valence-electron chi connectivity index (χ1n) is 6.30. The Bertz CT molecular complexity index is 712. The number of hydrogen-bond acceptors (Lipinski definition) is 5. The van der Waals surface area contributed by atoms with Gasteiger partial charge in [0, 0.05) is 24.7 Å². The number of halogens is 1. The van der Waals surface area contributed by atoms with Crippen molar-refractivity contribution >= 4 is 34.7 Å². The molecule has 22 heavy (non-hydrogen) atoms. The Labute approximate surface area is 141 Å². The van der Waals surface area contributed by atoms with Gasteiger partial charge in [-0.15, -0.1) is 0 Å². The SMILES string of the molecule is COc1ccc(/C=N/NC(=O)c2cc(I)nn2C)c(OC)c1. The fraction of sp³-hybridized carbons (Fsp3) is 0.214. The predicted molar refractivity (Wildman–Crippen MR) is 90.5 cm³/mol. The van der Waals surface area contributed by atoms with Crippen molar-refractivity contribution in [2.24, 2.45) is 12.1 Å². The molecule has 2 rings (SSSR count). The Morgan fingerprint density at radius 2 is 2.14 bits per heavy atom. The second-order valence-electron chi connectivity index (χ2n) is 4.28. The van der Waals surface area contributed by atoms with E-state index in [-0.39, 0.29) is 5.91 Å². The molecule has 0 saturated heterocycles. The van der Waals surface area contributed by atoms with Gasteiger partial charge in [-0.2, -0.15) is 10.2 Å². The smallest absolute Gasteiger partial charge is 0.289 e. The number of hydrogen-bond donors (Lipinski definition) is 1. The van der Waals surface area contributed by atoms with Crippen molar-refractivity contribution in [3.05, 3.63) is 39.2 Å². The van der Waals surface area contributed by atoms with E-state index in [0.29, 0.717) is 17.2 Å². The van der Waals surface area contributed by atoms with E-state index in [0.717, 1.165) is 9.26 Å². The monoisotopic (exact) mass is 414 g/mol. The molecule has 0 atom stereocenters. The Morgan fingerprint density at radius 3 is 2.73 bits per heavy atom. The van der Waals surface area contributed by atoms with E-state index in [1.165, 1.54) is 10.9 Å². The molecule has 2 aromatic rings. The number of aryl methyl sites for hydroxylation is 1. The highest BCUT2D eigenvalue weighted by Gasteiger charge is 2.11. The summed E-state index contributed by atoms with van der Waals surface area (Å²) in [6, 6.07) is 7.00. The summed E-state index contributed by atoms with van der Waals surface area (Å²) in [4.78, 5) is 12.0. The van der Waals surface area contributed by atoms with Gasteiger partial charge >= 0.3 is 0 Å². The van der Waals surface area contributed by atoms with Crippen LogP contribution >= 0.6 is 22.6 Å². The summed E-state index contributed by atoms with van der Waals surface area (Å²) in [5.74, 6) is 0.955. The van der Waals surface area contributed by atoms with E-state index in [4.69, 9.17) is 9.47 Å². The van der Waals surface area contributed by atoms with Crippen LogP contribution in [0.1, 0.15) is 16.1 Å². The summed E-state index contributed by atoms with van der Waals surface area (Å²) in [6.45, 7) is 0. The molecule has 0 aliphatic rings. The topological polar surface area (TPSA) is 77.7 Å². The molecule has 1 heterocycles. The highest BCUT2D eigenvalue weighted by molar-refractivity contribution is 14.1. The largest absolute Gasteiger partial charge is 0.497 e. The maximum absolute atomic E-state index is 12.0. The number of aromatic nitrogens is 2. The lowest BCUT2D eigenvalue weighted by molar-refractivity contribution is 0.0945. The van der Waals surface area contributed by atoms with Gasteiger partial charge in [0.2, 0.25) is 0 Å². The van der Waals surface area contributed by atoms with Crippen LogP contribution in [0, 0.1) is 3.70 Å². The molecule has 0 fully saturated rings. The summed E-state index contributed by atoms with van der Waals surface area (Å²) in [5, 5.41) is 8.05. The summed E-state index contributed by atoms with van der Waals surface area (Å²) in [5.41, 5.74) is 3.62. The molecule has 1 aromatic carbocycles. The number of rotatable bonds is 5. The van der Waals surface area contributed by atoms with Crippen LogP contribution in [0.5, 0.6) is 11.5 Å². The molecule has 0 saturated carbocycles. The van der Waals surface area contributed by atoms with Crippen LogP contribution in [-0.4, -0.2) is 36.1 Å². The number of methoxy groups -OCH3 is 2. The average Bonchev–Trinajstić information content (AvgIpc) is 2.86. The lowest BCUT2D eigenvalue weighted by Crippen LogP contribution is -2.20. The Kier molecular flexibility index (Phi) is 5.36. The molecule has 0 aliphatic carbocycles. The first-order valence-corrected chi connectivity index (χ1v) is 7.38. The summed E-state index contributed by atoms with van der Waals surface area (Å²) in [7, 11) is 4.84. The van der Waals surface area contributed by atoms with Crippen LogP contribution in [0.4, 0.5) is 0 Å². The molecular weight excluding hydrogens is 399 g/mol. The molecule has 0 unspecified atom stereocenters. The number of amides is 1. The number of carbonyl (C=O) groups excluding carboxylic acids is 1. The average molecular weight is 414 g/mol. The van der Waals surface area contributed by atoms with Crippen molar-refractivity contribution in [2.45, 2.75) is 0 Å². The van der Waals surface area contributed by atoms with Gasteiger partial charge in [-0.25, -0.2) is 5.43 Å². The van der Waals surface area contributed by atoms with Gasteiger partial charge in [0.15, 0.2) is 0 Å². The summed E-state index contributed by atoms with van der Waals surface area (Å²) < 4.78 is 12.6. The van der Waals surface area contributed by atoms with Gasteiger partial charge < -0.3 is 9.47 Å². The highest BCUT2D eigenvalue weighted by Crippen LogP contribution is 2.22. The molecule has 1 amide bonds. The number of nitrogens with one attached hydrogen (secondary N) is 1. The third kappa shape index (κ3) is 3.75. The van der Waals surface area contributed by atoms with E-state index in [2.05, 4.69) is 15.6 Å². The lowest BCUT2D eigenvalue weighted by Gasteiger charge is -2.06. The van der Waals surface area contributed by atoms with Crippen LogP contribution in [-0.2, 0) is 7.05 Å². The fourth-order valence-corrected chi connectivity index (χ4v) is 2.41. The van der Waals surface area contributed by atoms with Gasteiger partial charge in [-0.05, 0) is 34.7 Å². The van der Waals surface area contributed by atoms with Gasteiger partial charge in [0.1, 0.15) is 20.9 Å². The van der Waals surface area contributed by atoms with E-state index in [9.17, 15) is 4.79 Å². The van der Waals surface area contributed by atoms with Crippen LogP contribution in [0.2, 0.25) is 0 Å². The number of carbonyl (C=O) groups is 1. The van der Waals surface area contributed by atoms with Crippen LogP contribution in [0.3, 0.4) is 0 Å². The molecule has 116 valence electrons. The van der Waals surface area contributed by atoms with Crippen LogP contribution in [0.25, 0.3) is 0 Å².